The van der Waals surface area contributed by atoms with Crippen LogP contribution in [0.5, 0.6) is 0 Å². The first-order valence-electron chi connectivity index (χ1n) is 53.5. The predicted molar refractivity (Wildman–Crippen MR) is 531 cm³/mol. The van der Waals surface area contributed by atoms with Gasteiger partial charge in [-0.3, -0.25) is 0 Å². The number of allylic oxidation sites excluding steroid dienone is 4. The Hall–Kier alpha value is -2.34. The summed E-state index contributed by atoms with van der Waals surface area (Å²) in [6, 6.07) is 14.2. The van der Waals surface area contributed by atoms with E-state index in [0.29, 0.717) is 0 Å². The first kappa shape index (κ1) is 115. The van der Waals surface area contributed by atoms with Crippen LogP contribution in [0.3, 0.4) is 0 Å². The summed E-state index contributed by atoms with van der Waals surface area (Å²) in [6.45, 7) is 23.8. The molecule has 0 saturated carbocycles. The minimum atomic E-state index is 0. The molecule has 0 saturated heterocycles. The molecule has 682 valence electrons. The Morgan fingerprint density at radius 1 is 0.239 bits per heavy atom. The van der Waals surface area contributed by atoms with Crippen LogP contribution in [0, 0.1) is 13.8 Å². The largest absolute Gasteiger partial charge is 2.00 e. The molecule has 0 N–H and O–H groups in total. The van der Waals surface area contributed by atoms with E-state index in [4.69, 9.17) is 0 Å². The number of rotatable bonds is 87. The van der Waals surface area contributed by atoms with Crippen molar-refractivity contribution in [1.29, 1.82) is 0 Å². The van der Waals surface area contributed by atoms with E-state index in [-0.39, 0.29) is 20.4 Å². The maximum absolute atomic E-state index is 12.3. The molecule has 0 aromatic heterocycles. The van der Waals surface area contributed by atoms with E-state index < -0.39 is 0 Å². The van der Waals surface area contributed by atoms with E-state index in [1.165, 1.54) is 521 Å². The number of unbranched alkanes of at least 4 members (excludes halogenated alkanes) is 75. The van der Waals surface area contributed by atoms with Crippen LogP contribution in [0.25, 0.3) is 29.1 Å². The Bertz CT molecular complexity index is 2310. The van der Waals surface area contributed by atoms with Crippen LogP contribution >= 0.6 is 0 Å². The summed E-state index contributed by atoms with van der Waals surface area (Å²) in [5, 5.41) is 0. The van der Waals surface area contributed by atoms with Crippen LogP contribution in [0.2, 0.25) is 0 Å². The summed E-state index contributed by atoms with van der Waals surface area (Å²) in [4.78, 5) is 0. The van der Waals surface area contributed by atoms with Gasteiger partial charge >= 0.3 is 20.4 Å². The standard InChI is InChI=1S/C76H128N2.2C19H39.Pd/c1-6-11-16-18-20-22-24-26-28-30-32-34-36-38-40-42-44-46-48-50-52-54-58-70-62-71(59-55-53-51-49-47-45-43-41-39-37-35-33-31-29-27-25-23-21-19-17-12-7-2)64-73(63-70)75-67-72(60-15-10-5)76(78(75)77)74-65-68(56-13-8-3)61-69(66-74)57-14-9-4;2*1-3-5-7-9-11-13-15-17-19-18-16-14-12-10-8-6-4-2;/h54-55,58-59,61-67H,6-53,56-57,60H2,1-5H3;2*1,3-19H2,2H3;/q;2*-1;+2. The molecule has 0 unspecified atom stereocenters. The summed E-state index contributed by atoms with van der Waals surface area (Å²) >= 11 is 0. The third-order valence-electron chi connectivity index (χ3n) is 25.4. The Labute approximate surface area is 750 Å². The van der Waals surface area contributed by atoms with Crippen LogP contribution < -0.4 is 0 Å². The van der Waals surface area contributed by atoms with E-state index in [2.05, 4.69) is 129 Å². The van der Waals surface area contributed by atoms with Gasteiger partial charge in [-0.15, -0.1) is 0 Å². The fourth-order valence-corrected chi connectivity index (χ4v) is 17.5. The first-order chi connectivity index (χ1) is 57.4. The number of benzene rings is 2. The Morgan fingerprint density at radius 3 is 0.684 bits per heavy atom. The Balaban J connectivity index is 0.00000281. The Morgan fingerprint density at radius 2 is 0.453 bits per heavy atom. The van der Waals surface area contributed by atoms with Crippen molar-refractivity contribution in [3.8, 4) is 0 Å². The van der Waals surface area contributed by atoms with Gasteiger partial charge in [0.2, 0.25) is 11.4 Å². The van der Waals surface area contributed by atoms with Crippen molar-refractivity contribution in [1.82, 2.24) is 0 Å². The van der Waals surface area contributed by atoms with Crippen molar-refractivity contribution in [2.75, 3.05) is 0 Å². The van der Waals surface area contributed by atoms with Gasteiger partial charge in [-0.25, -0.2) is 4.70 Å². The van der Waals surface area contributed by atoms with Crippen molar-refractivity contribution in [3.63, 3.8) is 0 Å². The van der Waals surface area contributed by atoms with Gasteiger partial charge in [0.05, 0.1) is 0 Å². The molecule has 0 atom stereocenters. The molecule has 3 heteroatoms. The zero-order chi connectivity index (χ0) is 83.7. The van der Waals surface area contributed by atoms with Crippen LogP contribution in [0.4, 0.5) is 0 Å². The fourth-order valence-electron chi connectivity index (χ4n) is 17.5. The summed E-state index contributed by atoms with van der Waals surface area (Å²) < 4.78 is 1.56. The summed E-state index contributed by atoms with van der Waals surface area (Å²) in [7, 11) is 0. The van der Waals surface area contributed by atoms with Gasteiger partial charge in [0.25, 0.3) is 0 Å². The SMILES string of the molecule is CCCCCCCCCCCCCCCCCCCCCCC=Cc1cc(C=CCCCCCCCCCCCCCCCCCCCCCC)cc(C2=CC(CCCC)=C(c3cc(CCCC)cc(CCCC)c3)[N+]2=[N-])c1.[CH2-]CCCCCCCCCCCCCCCCCC.[CH2-]CCCCCCCCCCCCCCCCCC.[Pd+2]. The Kier molecular flexibility index (Phi) is 92.5. The van der Waals surface area contributed by atoms with Crippen LogP contribution in [-0.2, 0) is 33.3 Å². The van der Waals surface area contributed by atoms with Gasteiger partial charge in [-0.1, -0.05) is 548 Å². The van der Waals surface area contributed by atoms with Gasteiger partial charge in [-0.05, 0) is 117 Å². The smallest absolute Gasteiger partial charge is 0.493 e. The van der Waals surface area contributed by atoms with Gasteiger partial charge < -0.3 is 19.4 Å². The average molecular weight is 1710 g/mol. The molecule has 0 bridgehead atoms. The predicted octanol–water partition coefficient (Wildman–Crippen LogP) is 41.8. The molecule has 3 rings (SSSR count). The van der Waals surface area contributed by atoms with Gasteiger partial charge in [-0.2, -0.15) is 12.8 Å². The molecule has 0 radical (unpaired) electrons. The topological polar surface area (TPSA) is 25.3 Å². The molecular formula is C114H206N2Pd. The monoisotopic (exact) mass is 1710 g/mol. The third kappa shape index (κ3) is 74.8. The quantitative estimate of drug-likeness (QED) is 0.0273. The molecule has 2 aromatic carbocycles. The molecule has 0 fully saturated rings. The number of hydrogen-bond acceptors (Lipinski definition) is 0. The molecule has 2 nitrogen and oxygen atoms in total. The molecule has 117 heavy (non-hydrogen) atoms. The fraction of sp³-hybridized carbons (Fsp3) is 0.807. The second kappa shape index (κ2) is 94.3. The zero-order valence-electron chi connectivity index (χ0n) is 80.6. The zero-order valence-corrected chi connectivity index (χ0v) is 82.1. The molecular weight excluding hydrogens is 1500 g/mol. The molecule has 1 aliphatic heterocycles. The number of nitrogens with zero attached hydrogens (tertiary/aromatic N) is 2. The van der Waals surface area contributed by atoms with Gasteiger partial charge in [0.1, 0.15) is 0 Å². The second-order valence-corrected chi connectivity index (χ2v) is 37.1. The summed E-state index contributed by atoms with van der Waals surface area (Å²) in [5.41, 5.74) is 23.1. The third-order valence-corrected chi connectivity index (χ3v) is 25.4. The van der Waals surface area contributed by atoms with Crippen LogP contribution in [0.15, 0.2) is 60.2 Å². The first-order valence-corrected chi connectivity index (χ1v) is 53.5. The second-order valence-electron chi connectivity index (χ2n) is 37.1. The maximum Gasteiger partial charge on any atom is 2.00 e. The maximum atomic E-state index is 12.3. The minimum Gasteiger partial charge on any atom is -0.493 e. The van der Waals surface area contributed by atoms with Crippen LogP contribution in [0.1, 0.15) is 615 Å². The van der Waals surface area contributed by atoms with Crippen molar-refractivity contribution in [3.05, 3.63) is 113 Å². The normalized spacial score (nSPS) is 12.2. The molecule has 0 aliphatic carbocycles. The molecule has 0 spiro atoms. The van der Waals surface area contributed by atoms with Gasteiger partial charge in [0, 0.05) is 22.8 Å². The van der Waals surface area contributed by atoms with Crippen molar-refractivity contribution in [2.24, 2.45) is 0 Å². The van der Waals surface area contributed by atoms with E-state index >= 15 is 0 Å². The minimum absolute atomic E-state index is 0. The van der Waals surface area contributed by atoms with Crippen molar-refractivity contribution >= 4 is 23.5 Å². The van der Waals surface area contributed by atoms with E-state index in [9.17, 15) is 5.53 Å². The molecule has 1 aliphatic rings. The van der Waals surface area contributed by atoms with Crippen molar-refractivity contribution in [2.45, 2.75) is 594 Å². The number of hydrogen-bond donors (Lipinski definition) is 0. The number of aryl methyl sites for hydroxylation is 2. The van der Waals surface area contributed by atoms with E-state index in [1.807, 2.05) is 0 Å². The summed E-state index contributed by atoms with van der Waals surface area (Å²) in [6.07, 6.45) is 130. The van der Waals surface area contributed by atoms with E-state index in [1.54, 1.807) is 4.70 Å². The van der Waals surface area contributed by atoms with Gasteiger partial charge in [0.15, 0.2) is 0 Å². The van der Waals surface area contributed by atoms with E-state index in [0.717, 1.165) is 74.7 Å². The molecule has 1 heterocycles. The molecule has 2 aromatic rings. The van der Waals surface area contributed by atoms with Crippen molar-refractivity contribution < 1.29 is 25.1 Å². The summed E-state index contributed by atoms with van der Waals surface area (Å²) in [5.74, 6) is 0. The average Bonchev–Trinajstić information content (AvgIpc) is 1.63. The van der Waals surface area contributed by atoms with Crippen LogP contribution in [-0.4, -0.2) is 4.70 Å². The molecule has 0 amide bonds.